The van der Waals surface area contributed by atoms with Gasteiger partial charge >= 0.3 is 0 Å². The molecule has 0 aliphatic carbocycles. The molecule has 0 rings (SSSR count). The predicted molar refractivity (Wildman–Crippen MR) is 120 cm³/mol. The van der Waals surface area contributed by atoms with E-state index in [-0.39, 0.29) is 11.9 Å². The van der Waals surface area contributed by atoms with Gasteiger partial charge in [-0.1, -0.05) is 84.0 Å². The molecule has 0 heterocycles. The molecule has 0 aliphatic heterocycles. The molecule has 0 radical (unpaired) electrons. The van der Waals surface area contributed by atoms with Crippen LogP contribution in [-0.2, 0) is 19.4 Å². The summed E-state index contributed by atoms with van der Waals surface area (Å²) in [6.45, 7) is 5.36. The molecule has 0 fully saturated rings. The number of carbonyl (C=O) groups is 1. The van der Waals surface area contributed by atoms with Crippen LogP contribution >= 0.6 is 0 Å². The molecule has 0 amide bonds. The maximum absolute atomic E-state index is 11.9. The molecule has 29 heavy (non-hydrogen) atoms. The highest BCUT2D eigenvalue weighted by atomic mass is 32.3. The number of rotatable bonds is 20. The smallest absolute Gasteiger partial charge is 0.218 e. The Morgan fingerprint density at radius 3 is 1.55 bits per heavy atom. The monoisotopic (exact) mass is 437 g/mol. The summed E-state index contributed by atoms with van der Waals surface area (Å²) >= 11 is 0. The minimum atomic E-state index is -4.70. The molecule has 0 aliphatic rings. The highest BCUT2D eigenvalue weighted by Gasteiger charge is 2.21. The Bertz CT molecular complexity index is 491. The Morgan fingerprint density at radius 1 is 0.759 bits per heavy atom. The van der Waals surface area contributed by atoms with Crippen LogP contribution in [-0.4, -0.2) is 24.4 Å². The Balaban J connectivity index is 0. The van der Waals surface area contributed by atoms with Gasteiger partial charge in [0, 0.05) is 12.8 Å². The lowest BCUT2D eigenvalue weighted by molar-refractivity contribution is -0.119. The third kappa shape index (κ3) is 23.6. The van der Waals surface area contributed by atoms with Gasteiger partial charge in [0.05, 0.1) is 5.60 Å². The average molecular weight is 438 g/mol. The summed E-state index contributed by atoms with van der Waals surface area (Å²) < 4.78 is 36.4. The minimum absolute atomic E-state index is 0. The molecule has 6 nitrogen and oxygen atoms in total. The van der Waals surface area contributed by atoms with E-state index in [1.165, 1.54) is 70.6 Å². The molecule has 0 aromatic rings. The van der Waals surface area contributed by atoms with Gasteiger partial charge in [-0.25, -0.2) is 8.42 Å². The molecule has 0 unspecified atom stereocenters. The van der Waals surface area contributed by atoms with Gasteiger partial charge in [0.15, 0.2) is 0 Å². The fraction of sp³-hybridized carbons (Fsp3) is 0.955. The van der Waals surface area contributed by atoms with Crippen molar-refractivity contribution in [2.24, 2.45) is 0 Å². The number of Topliss-reactive ketones (excluding diaryl/α,β-unsaturated/α-hetero) is 1. The van der Waals surface area contributed by atoms with Crippen molar-refractivity contribution in [3.05, 3.63) is 0 Å². The number of unbranched alkanes of at least 4 members (excludes halogenated alkanes) is 12. The zero-order valence-electron chi connectivity index (χ0n) is 19.5. The highest BCUT2D eigenvalue weighted by molar-refractivity contribution is 7.80. The molecule has 0 atom stereocenters. The Labute approximate surface area is 180 Å². The zero-order valence-corrected chi connectivity index (χ0v) is 20.3. The number of ketones is 1. The molecule has 176 valence electrons. The summed E-state index contributed by atoms with van der Waals surface area (Å²) in [7, 11) is -4.70. The first-order valence-electron chi connectivity index (χ1n) is 11.3. The van der Waals surface area contributed by atoms with E-state index in [0.29, 0.717) is 25.7 Å². The van der Waals surface area contributed by atoms with Crippen LogP contribution in [0.3, 0.4) is 0 Å². The second kappa shape index (κ2) is 18.3. The van der Waals surface area contributed by atoms with Crippen molar-refractivity contribution in [3.63, 3.8) is 0 Å². The summed E-state index contributed by atoms with van der Waals surface area (Å²) in [6, 6.07) is 0. The number of carbonyl (C=O) groups excluding carboxylic acids is 1. The van der Waals surface area contributed by atoms with E-state index in [0.717, 1.165) is 12.8 Å². The van der Waals surface area contributed by atoms with Crippen molar-refractivity contribution in [2.75, 3.05) is 0 Å². The standard InChI is InChI=1S/C22H44O5S.H3N/c1-4-5-6-7-8-9-10-11-12-13-14-15-16-18-21(23)19-17-20-22(2,3)27-28(24,25)26;/h4-20H2,1-3H3,(H,24,25,26);1H3. The second-order valence-corrected chi connectivity index (χ2v) is 9.62. The summed E-state index contributed by atoms with van der Waals surface area (Å²) in [4.78, 5) is 11.9. The molecule has 0 saturated carbocycles. The Morgan fingerprint density at radius 2 is 1.14 bits per heavy atom. The van der Waals surface area contributed by atoms with Gasteiger partial charge in [-0.15, -0.1) is 0 Å². The van der Waals surface area contributed by atoms with Gasteiger partial charge < -0.3 is 10.7 Å². The molecule has 0 bridgehead atoms. The van der Waals surface area contributed by atoms with Crippen LogP contribution in [0.5, 0.6) is 0 Å². The summed E-state index contributed by atoms with van der Waals surface area (Å²) in [5, 5.41) is 0. The number of hydrogen-bond acceptors (Lipinski definition) is 5. The van der Waals surface area contributed by atoms with Gasteiger partial charge in [0.1, 0.15) is 5.78 Å². The van der Waals surface area contributed by atoms with Gasteiger partial charge in [-0.2, -0.15) is 0 Å². The zero-order chi connectivity index (χ0) is 21.3. The largest absolute Gasteiger partial charge is 0.726 e. The first-order valence-corrected chi connectivity index (χ1v) is 12.7. The lowest BCUT2D eigenvalue weighted by Crippen LogP contribution is -2.28. The average Bonchev–Trinajstić information content (AvgIpc) is 2.56. The third-order valence-corrected chi connectivity index (χ3v) is 5.78. The molecule has 0 saturated heterocycles. The van der Waals surface area contributed by atoms with Crippen molar-refractivity contribution in [2.45, 2.75) is 136 Å². The molecule has 0 aromatic carbocycles. The fourth-order valence-electron chi connectivity index (χ4n) is 3.49. The topological polar surface area (TPSA) is 120 Å². The lowest BCUT2D eigenvalue weighted by atomic mass is 9.98. The van der Waals surface area contributed by atoms with E-state index in [2.05, 4.69) is 11.1 Å². The van der Waals surface area contributed by atoms with Crippen molar-refractivity contribution in [1.29, 1.82) is 0 Å². The van der Waals surface area contributed by atoms with E-state index in [9.17, 15) is 17.8 Å². The third-order valence-electron chi connectivity index (χ3n) is 5.12. The number of hydrogen-bond donors (Lipinski definition) is 1. The van der Waals surface area contributed by atoms with Crippen LogP contribution in [0.2, 0.25) is 0 Å². The van der Waals surface area contributed by atoms with Crippen molar-refractivity contribution >= 4 is 16.2 Å². The van der Waals surface area contributed by atoms with Gasteiger partial charge in [0.25, 0.3) is 0 Å². The minimum Gasteiger partial charge on any atom is -0.726 e. The summed E-state index contributed by atoms with van der Waals surface area (Å²) in [6.07, 6.45) is 18.7. The van der Waals surface area contributed by atoms with Crippen molar-refractivity contribution in [3.8, 4) is 0 Å². The normalized spacial score (nSPS) is 12.0. The van der Waals surface area contributed by atoms with E-state index in [4.69, 9.17) is 0 Å². The van der Waals surface area contributed by atoms with Crippen molar-refractivity contribution < 1.29 is 21.9 Å². The first kappa shape index (κ1) is 30.7. The maximum Gasteiger partial charge on any atom is 0.218 e. The first-order chi connectivity index (χ1) is 13.2. The maximum atomic E-state index is 11.9. The van der Waals surface area contributed by atoms with Crippen LogP contribution < -0.4 is 6.15 Å². The molecular formula is C22H47NO5S. The van der Waals surface area contributed by atoms with Crippen molar-refractivity contribution in [1.82, 2.24) is 6.15 Å². The summed E-state index contributed by atoms with van der Waals surface area (Å²) in [5.74, 6) is 0.212. The predicted octanol–water partition coefficient (Wildman–Crippen LogP) is 6.84. The molecule has 4 N–H and O–H groups in total. The van der Waals surface area contributed by atoms with E-state index < -0.39 is 16.0 Å². The van der Waals surface area contributed by atoms with Crippen LogP contribution in [0.25, 0.3) is 0 Å². The van der Waals surface area contributed by atoms with E-state index in [1.54, 1.807) is 13.8 Å². The highest BCUT2D eigenvalue weighted by Crippen LogP contribution is 2.20. The Kier molecular flexibility index (Phi) is 19.3. The van der Waals surface area contributed by atoms with Gasteiger partial charge in [-0.3, -0.25) is 8.98 Å². The fourth-order valence-corrected chi connectivity index (χ4v) is 4.13. The molecular weight excluding hydrogens is 390 g/mol. The van der Waals surface area contributed by atoms with Crippen LogP contribution in [0, 0.1) is 0 Å². The molecule has 7 heteroatoms. The molecule has 0 aromatic heterocycles. The van der Waals surface area contributed by atoms with Crippen LogP contribution in [0.15, 0.2) is 0 Å². The van der Waals surface area contributed by atoms with Gasteiger partial charge in [0.2, 0.25) is 10.4 Å². The summed E-state index contributed by atoms with van der Waals surface area (Å²) in [5.41, 5.74) is -1.05. The van der Waals surface area contributed by atoms with E-state index >= 15 is 0 Å². The SMILES string of the molecule is CCCCCCCCCCCCCCCC(=O)CCCC(C)(C)OS(=O)(=O)[O-].[NH4+]. The van der Waals surface area contributed by atoms with Gasteiger partial charge in [-0.05, 0) is 33.1 Å². The Hall–Kier alpha value is -0.500. The number of quaternary nitrogens is 1. The van der Waals surface area contributed by atoms with Crippen LogP contribution in [0.4, 0.5) is 0 Å². The molecule has 0 spiro atoms. The van der Waals surface area contributed by atoms with Crippen LogP contribution in [0.1, 0.15) is 130 Å². The lowest BCUT2D eigenvalue weighted by Gasteiger charge is -2.25. The van der Waals surface area contributed by atoms with E-state index in [1.807, 2.05) is 0 Å². The quantitative estimate of drug-likeness (QED) is 0.127. The second-order valence-electron chi connectivity index (χ2n) is 8.64.